The van der Waals surface area contributed by atoms with Crippen LogP contribution >= 0.6 is 0 Å². The molecule has 0 atom stereocenters. The molecule has 2 rings (SSSR count). The summed E-state index contributed by atoms with van der Waals surface area (Å²) in [6, 6.07) is 2.91. The first-order valence-corrected chi connectivity index (χ1v) is 6.19. The van der Waals surface area contributed by atoms with Crippen molar-refractivity contribution >= 4 is 5.69 Å². The molecule has 0 unspecified atom stereocenters. The first kappa shape index (κ1) is 11.4. The van der Waals surface area contributed by atoms with Crippen LogP contribution in [0.3, 0.4) is 0 Å². The number of nitrogens with one attached hydrogen (secondary N) is 1. The van der Waals surface area contributed by atoms with Gasteiger partial charge in [0, 0.05) is 37.2 Å². The van der Waals surface area contributed by atoms with E-state index in [9.17, 15) is 0 Å². The molecule has 3 nitrogen and oxygen atoms in total. The quantitative estimate of drug-likeness (QED) is 0.795. The highest BCUT2D eigenvalue weighted by molar-refractivity contribution is 5.48. The van der Waals surface area contributed by atoms with Crippen LogP contribution in [-0.4, -0.2) is 35.6 Å². The minimum Gasteiger partial charge on any atom is -0.383 e. The van der Waals surface area contributed by atoms with Crippen LogP contribution in [0.15, 0.2) is 18.5 Å². The number of hydrogen-bond acceptors (Lipinski definition) is 3. The number of likely N-dealkylation sites (N-methyl/N-ethyl adjacent to an activating group) is 1. The van der Waals surface area contributed by atoms with Gasteiger partial charge in [-0.15, -0.1) is 0 Å². The molecule has 1 aromatic heterocycles. The fourth-order valence-electron chi connectivity index (χ4n) is 2.04. The molecule has 0 spiro atoms. The Morgan fingerprint density at radius 2 is 2.31 bits per heavy atom. The molecule has 1 aliphatic rings. The summed E-state index contributed by atoms with van der Waals surface area (Å²) in [5.74, 6) is 0. The minimum atomic E-state index is 0.866. The molecule has 1 fully saturated rings. The maximum absolute atomic E-state index is 4.09. The summed E-state index contributed by atoms with van der Waals surface area (Å²) >= 11 is 0. The van der Waals surface area contributed by atoms with Crippen LogP contribution in [-0.2, 0) is 0 Å². The summed E-state index contributed by atoms with van der Waals surface area (Å²) in [4.78, 5) is 6.65. The highest BCUT2D eigenvalue weighted by Crippen LogP contribution is 2.26. The van der Waals surface area contributed by atoms with Crippen molar-refractivity contribution in [1.29, 1.82) is 0 Å². The zero-order chi connectivity index (χ0) is 11.4. The van der Waals surface area contributed by atoms with Crippen molar-refractivity contribution in [3.05, 3.63) is 24.0 Å². The Kier molecular flexibility index (Phi) is 3.78. The first-order chi connectivity index (χ1) is 7.81. The Labute approximate surface area is 97.9 Å². The van der Waals surface area contributed by atoms with Crippen LogP contribution in [0.1, 0.15) is 25.3 Å². The van der Waals surface area contributed by atoms with Gasteiger partial charge >= 0.3 is 0 Å². The molecule has 0 bridgehead atoms. The third-order valence-electron chi connectivity index (χ3n) is 3.20. The van der Waals surface area contributed by atoms with E-state index in [1.54, 1.807) is 0 Å². The Morgan fingerprint density at radius 3 is 2.94 bits per heavy atom. The zero-order valence-corrected chi connectivity index (χ0v) is 10.2. The lowest BCUT2D eigenvalue weighted by Crippen LogP contribution is -2.30. The minimum absolute atomic E-state index is 0.866. The first-order valence-electron chi connectivity index (χ1n) is 6.19. The average molecular weight is 219 g/mol. The van der Waals surface area contributed by atoms with Crippen LogP contribution in [0, 0.1) is 6.92 Å². The summed E-state index contributed by atoms with van der Waals surface area (Å²) in [5.41, 5.74) is 2.43. The monoisotopic (exact) mass is 219 g/mol. The van der Waals surface area contributed by atoms with Gasteiger partial charge in [0.1, 0.15) is 0 Å². The number of aryl methyl sites for hydroxylation is 1. The lowest BCUT2D eigenvalue weighted by atomic mass is 10.2. The molecule has 1 aliphatic carbocycles. The number of anilines is 1. The van der Waals surface area contributed by atoms with Crippen molar-refractivity contribution in [2.24, 2.45) is 0 Å². The van der Waals surface area contributed by atoms with E-state index in [1.807, 2.05) is 18.5 Å². The van der Waals surface area contributed by atoms with E-state index in [0.717, 1.165) is 19.1 Å². The Morgan fingerprint density at radius 1 is 1.50 bits per heavy atom. The van der Waals surface area contributed by atoms with Gasteiger partial charge in [0.2, 0.25) is 0 Å². The molecule has 0 aromatic carbocycles. The topological polar surface area (TPSA) is 28.2 Å². The Balaban J connectivity index is 1.77. The normalized spacial score (nSPS) is 15.4. The van der Waals surface area contributed by atoms with Gasteiger partial charge in [-0.25, -0.2) is 0 Å². The zero-order valence-electron chi connectivity index (χ0n) is 10.2. The smallest absolute Gasteiger partial charge is 0.0401 e. The van der Waals surface area contributed by atoms with Gasteiger partial charge in [0.15, 0.2) is 0 Å². The van der Waals surface area contributed by atoms with E-state index in [2.05, 4.69) is 29.0 Å². The van der Waals surface area contributed by atoms with Gasteiger partial charge in [-0.05, 0) is 37.9 Å². The fourth-order valence-corrected chi connectivity index (χ4v) is 2.04. The van der Waals surface area contributed by atoms with Crippen molar-refractivity contribution < 1.29 is 0 Å². The number of pyridine rings is 1. The van der Waals surface area contributed by atoms with Gasteiger partial charge in [-0.1, -0.05) is 6.92 Å². The molecule has 0 radical (unpaired) electrons. The molecule has 1 N–H and O–H groups in total. The average Bonchev–Trinajstić information content (AvgIpc) is 3.11. The molecule has 1 saturated carbocycles. The van der Waals surface area contributed by atoms with Crippen molar-refractivity contribution in [2.75, 3.05) is 25.0 Å². The van der Waals surface area contributed by atoms with Crippen molar-refractivity contribution in [3.63, 3.8) is 0 Å². The predicted octanol–water partition coefficient (Wildman–Crippen LogP) is 2.29. The van der Waals surface area contributed by atoms with Gasteiger partial charge in [-0.3, -0.25) is 9.88 Å². The van der Waals surface area contributed by atoms with E-state index < -0.39 is 0 Å². The Hall–Kier alpha value is -1.09. The predicted molar refractivity (Wildman–Crippen MR) is 67.7 cm³/mol. The molecular weight excluding hydrogens is 198 g/mol. The highest BCUT2D eigenvalue weighted by atomic mass is 15.2. The van der Waals surface area contributed by atoms with Crippen LogP contribution in [0.4, 0.5) is 5.69 Å². The summed E-state index contributed by atoms with van der Waals surface area (Å²) < 4.78 is 0. The lowest BCUT2D eigenvalue weighted by Gasteiger charge is -2.20. The van der Waals surface area contributed by atoms with Gasteiger partial charge in [-0.2, -0.15) is 0 Å². The molecule has 0 amide bonds. The van der Waals surface area contributed by atoms with Crippen molar-refractivity contribution in [1.82, 2.24) is 9.88 Å². The molecule has 0 aliphatic heterocycles. The molecule has 88 valence electrons. The van der Waals surface area contributed by atoms with Gasteiger partial charge < -0.3 is 5.32 Å². The van der Waals surface area contributed by atoms with Crippen molar-refractivity contribution in [3.8, 4) is 0 Å². The SMILES string of the molecule is CCN(CCNc1ccncc1C)C1CC1. The van der Waals surface area contributed by atoms with E-state index in [-0.39, 0.29) is 0 Å². The largest absolute Gasteiger partial charge is 0.383 e. The van der Waals surface area contributed by atoms with E-state index in [0.29, 0.717) is 0 Å². The fraction of sp³-hybridized carbons (Fsp3) is 0.615. The van der Waals surface area contributed by atoms with Gasteiger partial charge in [0.05, 0.1) is 0 Å². The van der Waals surface area contributed by atoms with Crippen LogP contribution in [0.25, 0.3) is 0 Å². The second kappa shape index (κ2) is 5.30. The van der Waals surface area contributed by atoms with Crippen molar-refractivity contribution in [2.45, 2.75) is 32.7 Å². The molecule has 0 saturated heterocycles. The third kappa shape index (κ3) is 2.95. The number of aromatic nitrogens is 1. The van der Waals surface area contributed by atoms with Gasteiger partial charge in [0.25, 0.3) is 0 Å². The van der Waals surface area contributed by atoms with Crippen LogP contribution in [0.5, 0.6) is 0 Å². The van der Waals surface area contributed by atoms with Crippen LogP contribution < -0.4 is 5.32 Å². The number of hydrogen-bond donors (Lipinski definition) is 1. The standard InChI is InChI=1S/C13H21N3/c1-3-16(12-4-5-12)9-8-15-13-6-7-14-10-11(13)2/h6-7,10,12H,3-5,8-9H2,1-2H3,(H,14,15). The van der Waals surface area contributed by atoms with E-state index in [1.165, 1.54) is 30.6 Å². The second-order valence-electron chi connectivity index (χ2n) is 4.48. The third-order valence-corrected chi connectivity index (χ3v) is 3.20. The maximum atomic E-state index is 4.09. The summed E-state index contributed by atoms with van der Waals surface area (Å²) in [7, 11) is 0. The highest BCUT2D eigenvalue weighted by Gasteiger charge is 2.26. The lowest BCUT2D eigenvalue weighted by molar-refractivity contribution is 0.289. The molecular formula is C13H21N3. The molecule has 3 heteroatoms. The number of nitrogens with zero attached hydrogens (tertiary/aromatic N) is 2. The van der Waals surface area contributed by atoms with E-state index >= 15 is 0 Å². The summed E-state index contributed by atoms with van der Waals surface area (Å²) in [6.07, 6.45) is 6.53. The second-order valence-corrected chi connectivity index (χ2v) is 4.48. The van der Waals surface area contributed by atoms with Crippen LogP contribution in [0.2, 0.25) is 0 Å². The summed E-state index contributed by atoms with van der Waals surface area (Å²) in [5, 5.41) is 3.48. The summed E-state index contributed by atoms with van der Waals surface area (Å²) in [6.45, 7) is 7.67. The van der Waals surface area contributed by atoms with E-state index in [4.69, 9.17) is 0 Å². The maximum Gasteiger partial charge on any atom is 0.0401 e. The molecule has 1 heterocycles. The Bertz CT molecular complexity index is 334. The molecule has 1 aromatic rings. The molecule has 16 heavy (non-hydrogen) atoms. The number of rotatable bonds is 6.